The fraction of sp³-hybridized carbons (Fsp3) is 0.938. The molecule has 1 aliphatic heterocycles. The molecule has 1 saturated heterocycles. The molecule has 4 nitrogen and oxygen atoms in total. The second kappa shape index (κ2) is 4.70. The van der Waals surface area contributed by atoms with E-state index >= 15 is 0 Å². The summed E-state index contributed by atoms with van der Waals surface area (Å²) in [5.41, 5.74) is 5.57. The smallest absolute Gasteiger partial charge is 0.241 e. The Balaban J connectivity index is 1.72. The first kappa shape index (κ1) is 14.3. The minimum atomic E-state index is -0.760. The maximum atomic E-state index is 12.8. The molecule has 2 saturated carbocycles. The largest absolute Gasteiger partial charge is 0.377 e. The standard InChI is InChI=1S/C16H28N2O2/c1-10-6-7-11(9-10)18-14(19)16(17)12-5-4-8-20-13(12)15(16,2)3/h10-13H,4-9,17H2,1-3H3,(H,18,19). The van der Waals surface area contributed by atoms with E-state index in [-0.39, 0.29) is 23.3 Å². The van der Waals surface area contributed by atoms with E-state index in [0.29, 0.717) is 12.0 Å². The van der Waals surface area contributed by atoms with Gasteiger partial charge in [-0.3, -0.25) is 4.79 Å². The minimum absolute atomic E-state index is 0.0494. The van der Waals surface area contributed by atoms with E-state index in [2.05, 4.69) is 26.1 Å². The third kappa shape index (κ3) is 1.84. The average molecular weight is 280 g/mol. The molecular formula is C16H28N2O2. The zero-order valence-corrected chi connectivity index (χ0v) is 12.9. The highest BCUT2D eigenvalue weighted by molar-refractivity contribution is 5.89. The topological polar surface area (TPSA) is 64.4 Å². The van der Waals surface area contributed by atoms with Gasteiger partial charge in [0.25, 0.3) is 0 Å². The fourth-order valence-electron chi connectivity index (χ4n) is 4.68. The predicted octanol–water partition coefficient (Wildman–Crippen LogP) is 1.82. The molecule has 0 aromatic rings. The highest BCUT2D eigenvalue weighted by Crippen LogP contribution is 2.57. The molecule has 1 heterocycles. The molecule has 2 aliphatic carbocycles. The summed E-state index contributed by atoms with van der Waals surface area (Å²) in [6, 6.07) is 0.317. The average Bonchev–Trinajstić information content (AvgIpc) is 2.83. The molecule has 0 spiro atoms. The van der Waals surface area contributed by atoms with Gasteiger partial charge in [0.1, 0.15) is 5.54 Å². The van der Waals surface area contributed by atoms with Crippen LogP contribution in [0.4, 0.5) is 0 Å². The van der Waals surface area contributed by atoms with Gasteiger partial charge >= 0.3 is 0 Å². The maximum Gasteiger partial charge on any atom is 0.241 e. The number of ether oxygens (including phenoxy) is 1. The Morgan fingerprint density at radius 2 is 2.05 bits per heavy atom. The molecule has 0 aromatic heterocycles. The van der Waals surface area contributed by atoms with Crippen LogP contribution in [0.15, 0.2) is 0 Å². The van der Waals surface area contributed by atoms with Crippen molar-refractivity contribution in [2.45, 2.75) is 70.6 Å². The van der Waals surface area contributed by atoms with Gasteiger partial charge in [-0.2, -0.15) is 0 Å². The number of carbonyl (C=O) groups excluding carboxylic acids is 1. The zero-order valence-electron chi connectivity index (χ0n) is 12.9. The number of fused-ring (bicyclic) bond motifs is 1. The van der Waals surface area contributed by atoms with Crippen LogP contribution in [0, 0.1) is 17.3 Å². The lowest BCUT2D eigenvalue weighted by molar-refractivity contribution is -0.225. The first-order valence-corrected chi connectivity index (χ1v) is 8.09. The number of nitrogens with one attached hydrogen (secondary N) is 1. The monoisotopic (exact) mass is 280 g/mol. The van der Waals surface area contributed by atoms with Crippen molar-refractivity contribution in [2.75, 3.05) is 6.61 Å². The maximum absolute atomic E-state index is 12.8. The van der Waals surface area contributed by atoms with E-state index in [0.717, 1.165) is 32.3 Å². The van der Waals surface area contributed by atoms with Crippen molar-refractivity contribution in [1.29, 1.82) is 0 Å². The van der Waals surface area contributed by atoms with Gasteiger partial charge < -0.3 is 15.8 Å². The van der Waals surface area contributed by atoms with Crippen molar-refractivity contribution in [1.82, 2.24) is 5.32 Å². The molecule has 3 rings (SSSR count). The van der Waals surface area contributed by atoms with Crippen LogP contribution in [0.1, 0.15) is 52.9 Å². The second-order valence-electron chi connectivity index (χ2n) is 7.72. The first-order chi connectivity index (χ1) is 9.37. The van der Waals surface area contributed by atoms with Crippen LogP contribution in [-0.2, 0) is 9.53 Å². The Kier molecular flexibility index (Phi) is 3.37. The summed E-state index contributed by atoms with van der Waals surface area (Å²) < 4.78 is 5.86. The SMILES string of the molecule is CC1CCC(NC(=O)C2(N)C3CCCOC3C2(C)C)C1. The third-order valence-corrected chi connectivity index (χ3v) is 6.09. The van der Waals surface area contributed by atoms with Crippen LogP contribution in [-0.4, -0.2) is 30.2 Å². The van der Waals surface area contributed by atoms with E-state index in [1.54, 1.807) is 0 Å². The van der Waals surface area contributed by atoms with Crippen molar-refractivity contribution in [3.8, 4) is 0 Å². The molecule has 5 unspecified atom stereocenters. The van der Waals surface area contributed by atoms with E-state index in [1.165, 1.54) is 6.42 Å². The Labute approximate surface area is 121 Å². The third-order valence-electron chi connectivity index (χ3n) is 6.09. The van der Waals surface area contributed by atoms with Crippen molar-refractivity contribution in [3.63, 3.8) is 0 Å². The zero-order chi connectivity index (χ0) is 14.5. The molecular weight excluding hydrogens is 252 g/mol. The van der Waals surface area contributed by atoms with Gasteiger partial charge in [0.05, 0.1) is 6.10 Å². The van der Waals surface area contributed by atoms with Gasteiger partial charge in [-0.1, -0.05) is 20.8 Å². The van der Waals surface area contributed by atoms with Gasteiger partial charge in [0.2, 0.25) is 5.91 Å². The van der Waals surface area contributed by atoms with Crippen LogP contribution in [0.2, 0.25) is 0 Å². The van der Waals surface area contributed by atoms with Crippen molar-refractivity contribution < 1.29 is 9.53 Å². The number of carbonyl (C=O) groups is 1. The van der Waals surface area contributed by atoms with Crippen molar-refractivity contribution in [2.24, 2.45) is 23.0 Å². The Hall–Kier alpha value is -0.610. The number of nitrogens with two attached hydrogens (primary N) is 1. The Morgan fingerprint density at radius 1 is 1.30 bits per heavy atom. The van der Waals surface area contributed by atoms with Crippen LogP contribution < -0.4 is 11.1 Å². The highest BCUT2D eigenvalue weighted by atomic mass is 16.5. The molecule has 4 heteroatoms. The molecule has 5 atom stereocenters. The summed E-state index contributed by atoms with van der Waals surface area (Å²) in [5, 5.41) is 3.22. The van der Waals surface area contributed by atoms with Crippen LogP contribution in [0.5, 0.6) is 0 Å². The van der Waals surface area contributed by atoms with Crippen molar-refractivity contribution in [3.05, 3.63) is 0 Å². The van der Waals surface area contributed by atoms with Gasteiger partial charge in [-0.25, -0.2) is 0 Å². The van der Waals surface area contributed by atoms with Crippen LogP contribution >= 0.6 is 0 Å². The van der Waals surface area contributed by atoms with E-state index in [9.17, 15) is 4.79 Å². The van der Waals surface area contributed by atoms with Crippen LogP contribution in [0.25, 0.3) is 0 Å². The number of hydrogen-bond acceptors (Lipinski definition) is 3. The summed E-state index contributed by atoms with van der Waals surface area (Å²) in [6.07, 6.45) is 5.57. The van der Waals surface area contributed by atoms with Gasteiger partial charge in [0.15, 0.2) is 0 Å². The number of rotatable bonds is 2. The van der Waals surface area contributed by atoms with E-state index in [1.807, 2.05) is 0 Å². The summed E-state index contributed by atoms with van der Waals surface area (Å²) in [7, 11) is 0. The Bertz CT molecular complexity index is 409. The minimum Gasteiger partial charge on any atom is -0.377 e. The molecule has 114 valence electrons. The normalized spacial score (nSPS) is 46.4. The first-order valence-electron chi connectivity index (χ1n) is 8.09. The lowest BCUT2D eigenvalue weighted by Crippen LogP contribution is -2.82. The second-order valence-corrected chi connectivity index (χ2v) is 7.72. The van der Waals surface area contributed by atoms with Crippen LogP contribution in [0.3, 0.4) is 0 Å². The van der Waals surface area contributed by atoms with Gasteiger partial charge in [-0.15, -0.1) is 0 Å². The van der Waals surface area contributed by atoms with Crippen molar-refractivity contribution >= 4 is 5.91 Å². The van der Waals surface area contributed by atoms with E-state index in [4.69, 9.17) is 10.5 Å². The molecule has 3 aliphatic rings. The summed E-state index contributed by atoms with van der Waals surface area (Å²) in [4.78, 5) is 12.8. The lowest BCUT2D eigenvalue weighted by Gasteiger charge is -2.65. The summed E-state index contributed by atoms with van der Waals surface area (Å²) >= 11 is 0. The highest BCUT2D eigenvalue weighted by Gasteiger charge is 2.70. The summed E-state index contributed by atoms with van der Waals surface area (Å²) in [5.74, 6) is 0.951. The molecule has 0 radical (unpaired) electrons. The van der Waals surface area contributed by atoms with Gasteiger partial charge in [-0.05, 0) is 38.0 Å². The molecule has 3 fully saturated rings. The molecule has 0 aromatic carbocycles. The molecule has 20 heavy (non-hydrogen) atoms. The fourth-order valence-corrected chi connectivity index (χ4v) is 4.68. The number of amides is 1. The van der Waals surface area contributed by atoms with Gasteiger partial charge in [0, 0.05) is 24.0 Å². The molecule has 0 bridgehead atoms. The number of hydrogen-bond donors (Lipinski definition) is 2. The quantitative estimate of drug-likeness (QED) is 0.811. The lowest BCUT2D eigenvalue weighted by atomic mass is 9.46. The summed E-state index contributed by atoms with van der Waals surface area (Å²) in [6.45, 7) is 7.22. The Morgan fingerprint density at radius 3 is 2.70 bits per heavy atom. The predicted molar refractivity (Wildman–Crippen MR) is 78.1 cm³/mol. The molecule has 3 N–H and O–H groups in total. The van der Waals surface area contributed by atoms with E-state index < -0.39 is 5.54 Å². The molecule has 1 amide bonds.